The molecule has 1 N–H and O–H groups in total. The van der Waals surface area contributed by atoms with Crippen molar-refractivity contribution in [3.8, 4) is 0 Å². The number of nitrogens with zero attached hydrogens (tertiary/aromatic N) is 1. The van der Waals surface area contributed by atoms with Crippen LogP contribution in [0.25, 0.3) is 0 Å². The van der Waals surface area contributed by atoms with Gasteiger partial charge in [0.2, 0.25) is 0 Å². The van der Waals surface area contributed by atoms with Gasteiger partial charge in [0, 0.05) is 25.2 Å². The molecule has 0 bridgehead atoms. The summed E-state index contributed by atoms with van der Waals surface area (Å²) in [6.07, 6.45) is 7.67. The molecule has 1 saturated heterocycles. The molecule has 2 atom stereocenters. The lowest BCUT2D eigenvalue weighted by atomic mass is 9.85. The Labute approximate surface area is 125 Å². The summed E-state index contributed by atoms with van der Waals surface area (Å²) < 4.78 is 6.22. The van der Waals surface area contributed by atoms with Crippen molar-refractivity contribution in [2.24, 2.45) is 5.92 Å². The van der Waals surface area contributed by atoms with Crippen molar-refractivity contribution >= 4 is 0 Å². The summed E-state index contributed by atoms with van der Waals surface area (Å²) in [6.45, 7) is 13.5. The van der Waals surface area contributed by atoms with E-state index in [1.807, 2.05) is 0 Å². The van der Waals surface area contributed by atoms with Gasteiger partial charge in [0.1, 0.15) is 0 Å². The van der Waals surface area contributed by atoms with Gasteiger partial charge in [0.15, 0.2) is 0 Å². The second-order valence-electron chi connectivity index (χ2n) is 7.74. The van der Waals surface area contributed by atoms with Crippen LogP contribution in [-0.2, 0) is 4.74 Å². The summed E-state index contributed by atoms with van der Waals surface area (Å²) in [7, 11) is 0. The van der Waals surface area contributed by atoms with Crippen molar-refractivity contribution < 1.29 is 4.74 Å². The third-order valence-electron chi connectivity index (χ3n) is 4.71. The van der Waals surface area contributed by atoms with Crippen LogP contribution in [0.2, 0.25) is 0 Å². The fraction of sp³-hybridized carbons (Fsp3) is 1.00. The number of ether oxygens (including phenoxy) is 1. The molecule has 3 heteroatoms. The zero-order valence-electron chi connectivity index (χ0n) is 14.0. The Kier molecular flexibility index (Phi) is 5.88. The molecule has 2 rings (SSSR count). The minimum absolute atomic E-state index is 0.196. The first-order chi connectivity index (χ1) is 9.46. The molecule has 2 fully saturated rings. The molecule has 1 saturated carbocycles. The van der Waals surface area contributed by atoms with Crippen LogP contribution in [0.3, 0.4) is 0 Å². The van der Waals surface area contributed by atoms with E-state index in [1.165, 1.54) is 45.2 Å². The average molecular weight is 282 g/mol. The lowest BCUT2D eigenvalue weighted by Crippen LogP contribution is -2.41. The molecule has 1 aliphatic heterocycles. The van der Waals surface area contributed by atoms with Crippen LogP contribution in [0.5, 0.6) is 0 Å². The number of hydrogen-bond donors (Lipinski definition) is 1. The monoisotopic (exact) mass is 282 g/mol. The van der Waals surface area contributed by atoms with Crippen molar-refractivity contribution in [1.29, 1.82) is 0 Å². The highest BCUT2D eigenvalue weighted by Crippen LogP contribution is 2.28. The Morgan fingerprint density at radius 1 is 1.05 bits per heavy atom. The summed E-state index contributed by atoms with van der Waals surface area (Å²) in [6, 6.07) is 0. The largest absolute Gasteiger partial charge is 0.372 e. The zero-order valence-corrected chi connectivity index (χ0v) is 14.0. The first kappa shape index (κ1) is 16.3. The first-order valence-electron chi connectivity index (χ1n) is 8.59. The molecule has 2 aliphatic rings. The van der Waals surface area contributed by atoms with Crippen LogP contribution in [0.15, 0.2) is 0 Å². The summed E-state index contributed by atoms with van der Waals surface area (Å²) in [5, 5.41) is 3.56. The van der Waals surface area contributed by atoms with E-state index >= 15 is 0 Å². The lowest BCUT2D eigenvalue weighted by molar-refractivity contribution is 0.0165. The fourth-order valence-corrected chi connectivity index (χ4v) is 3.15. The van der Waals surface area contributed by atoms with E-state index in [0.717, 1.165) is 19.0 Å². The van der Waals surface area contributed by atoms with Crippen molar-refractivity contribution in [2.75, 3.05) is 26.2 Å². The second kappa shape index (κ2) is 7.24. The smallest absolute Gasteiger partial charge is 0.0707 e. The maximum atomic E-state index is 6.22. The Morgan fingerprint density at radius 2 is 1.75 bits per heavy atom. The van der Waals surface area contributed by atoms with Gasteiger partial charge in [-0.15, -0.1) is 0 Å². The second-order valence-corrected chi connectivity index (χ2v) is 7.74. The van der Waals surface area contributed by atoms with E-state index < -0.39 is 0 Å². The highest BCUT2D eigenvalue weighted by atomic mass is 16.5. The van der Waals surface area contributed by atoms with Gasteiger partial charge in [0.25, 0.3) is 0 Å². The summed E-state index contributed by atoms with van der Waals surface area (Å²) >= 11 is 0. The molecular weight excluding hydrogens is 248 g/mol. The van der Waals surface area contributed by atoms with Crippen molar-refractivity contribution in [1.82, 2.24) is 10.2 Å². The molecule has 20 heavy (non-hydrogen) atoms. The van der Waals surface area contributed by atoms with Crippen LogP contribution in [-0.4, -0.2) is 48.8 Å². The third kappa shape index (κ3) is 5.34. The molecule has 0 spiro atoms. The average Bonchev–Trinajstić information content (AvgIpc) is 2.76. The van der Waals surface area contributed by atoms with E-state index in [-0.39, 0.29) is 5.54 Å². The maximum Gasteiger partial charge on any atom is 0.0707 e. The molecule has 0 amide bonds. The molecule has 0 radical (unpaired) electrons. The summed E-state index contributed by atoms with van der Waals surface area (Å²) in [5.74, 6) is 0.967. The molecule has 2 unspecified atom stereocenters. The van der Waals surface area contributed by atoms with Gasteiger partial charge < -0.3 is 15.0 Å². The highest BCUT2D eigenvalue weighted by Gasteiger charge is 2.28. The van der Waals surface area contributed by atoms with Crippen LogP contribution >= 0.6 is 0 Å². The predicted octanol–water partition coefficient (Wildman–Crippen LogP) is 3.04. The SMILES string of the molecule is CCN(CC1CCC1)CC1CCC(CNC(C)(C)C)O1. The number of likely N-dealkylation sites (N-methyl/N-ethyl adjacent to an activating group) is 1. The highest BCUT2D eigenvalue weighted by molar-refractivity contribution is 4.82. The molecule has 118 valence electrons. The van der Waals surface area contributed by atoms with Crippen molar-refractivity contribution in [3.05, 3.63) is 0 Å². The van der Waals surface area contributed by atoms with Gasteiger partial charge >= 0.3 is 0 Å². The number of rotatable bonds is 7. The Morgan fingerprint density at radius 3 is 2.30 bits per heavy atom. The number of nitrogens with one attached hydrogen (secondary N) is 1. The van der Waals surface area contributed by atoms with E-state index in [4.69, 9.17) is 4.74 Å². The quantitative estimate of drug-likeness (QED) is 0.777. The minimum Gasteiger partial charge on any atom is -0.372 e. The molecule has 0 aromatic carbocycles. The van der Waals surface area contributed by atoms with Crippen molar-refractivity contribution in [2.45, 2.75) is 77.5 Å². The Bertz CT molecular complexity index is 283. The standard InChI is InChI=1S/C17H34N2O/c1-5-19(12-14-7-6-8-14)13-16-10-9-15(20-16)11-18-17(2,3)4/h14-16,18H,5-13H2,1-4H3. The van der Waals surface area contributed by atoms with Gasteiger partial charge in [-0.05, 0) is 58.9 Å². The molecular formula is C17H34N2O. The normalized spacial score (nSPS) is 28.1. The topological polar surface area (TPSA) is 24.5 Å². The van der Waals surface area contributed by atoms with Gasteiger partial charge in [-0.3, -0.25) is 0 Å². The van der Waals surface area contributed by atoms with Crippen molar-refractivity contribution in [3.63, 3.8) is 0 Å². The Balaban J connectivity index is 1.66. The third-order valence-corrected chi connectivity index (χ3v) is 4.71. The van der Waals surface area contributed by atoms with Crippen LogP contribution in [0, 0.1) is 5.92 Å². The van der Waals surface area contributed by atoms with E-state index in [2.05, 4.69) is 37.9 Å². The van der Waals surface area contributed by atoms with E-state index in [0.29, 0.717) is 12.2 Å². The summed E-state index contributed by atoms with van der Waals surface area (Å²) in [4.78, 5) is 2.61. The molecule has 3 nitrogen and oxygen atoms in total. The molecule has 1 aliphatic carbocycles. The van der Waals surface area contributed by atoms with Crippen LogP contribution < -0.4 is 5.32 Å². The van der Waals surface area contributed by atoms with Gasteiger partial charge in [-0.25, -0.2) is 0 Å². The minimum atomic E-state index is 0.196. The number of hydrogen-bond acceptors (Lipinski definition) is 3. The zero-order chi connectivity index (χ0) is 14.6. The predicted molar refractivity (Wildman–Crippen MR) is 85.1 cm³/mol. The molecule has 1 heterocycles. The van der Waals surface area contributed by atoms with E-state index in [9.17, 15) is 0 Å². The first-order valence-corrected chi connectivity index (χ1v) is 8.59. The fourth-order valence-electron chi connectivity index (χ4n) is 3.15. The Hall–Kier alpha value is -0.120. The maximum absolute atomic E-state index is 6.22. The van der Waals surface area contributed by atoms with Crippen LogP contribution in [0.4, 0.5) is 0 Å². The summed E-state index contributed by atoms with van der Waals surface area (Å²) in [5.41, 5.74) is 0.196. The lowest BCUT2D eigenvalue weighted by Gasteiger charge is -2.33. The van der Waals surface area contributed by atoms with Gasteiger partial charge in [0.05, 0.1) is 12.2 Å². The van der Waals surface area contributed by atoms with Gasteiger partial charge in [-0.2, -0.15) is 0 Å². The van der Waals surface area contributed by atoms with E-state index in [1.54, 1.807) is 0 Å². The molecule has 0 aromatic rings. The van der Waals surface area contributed by atoms with Crippen LogP contribution in [0.1, 0.15) is 59.8 Å². The van der Waals surface area contributed by atoms with Gasteiger partial charge in [-0.1, -0.05) is 13.3 Å². The molecule has 0 aromatic heterocycles.